The fraction of sp³-hybridized carbons (Fsp3) is 0.278. The summed E-state index contributed by atoms with van der Waals surface area (Å²) in [4.78, 5) is 37.7. The molecular weight excluding hydrogens is 322 g/mol. The van der Waals surface area contributed by atoms with Gasteiger partial charge in [-0.05, 0) is 44.5 Å². The van der Waals surface area contributed by atoms with E-state index in [4.69, 9.17) is 10.2 Å². The van der Waals surface area contributed by atoms with Gasteiger partial charge in [-0.15, -0.1) is 0 Å². The van der Waals surface area contributed by atoms with Crippen molar-refractivity contribution in [2.45, 2.75) is 32.9 Å². The SMILES string of the molecule is Cc1cc(C2(C)NC(=O)N(Cc3cccc(C(N)=O)c3)C2=O)c(C)o1. The van der Waals surface area contributed by atoms with Crippen molar-refractivity contribution in [2.24, 2.45) is 5.73 Å². The molecule has 1 fully saturated rings. The van der Waals surface area contributed by atoms with Gasteiger partial charge in [-0.3, -0.25) is 14.5 Å². The van der Waals surface area contributed by atoms with Crippen LogP contribution in [-0.4, -0.2) is 22.7 Å². The number of nitrogens with zero attached hydrogens (tertiary/aromatic N) is 1. The van der Waals surface area contributed by atoms with Crippen LogP contribution in [0.4, 0.5) is 4.79 Å². The monoisotopic (exact) mass is 341 g/mol. The molecule has 0 saturated carbocycles. The highest BCUT2D eigenvalue weighted by Crippen LogP contribution is 2.33. The number of nitrogens with two attached hydrogens (primary N) is 1. The molecule has 2 heterocycles. The summed E-state index contributed by atoms with van der Waals surface area (Å²) in [6.07, 6.45) is 0. The number of carbonyl (C=O) groups excluding carboxylic acids is 3. The predicted molar refractivity (Wildman–Crippen MR) is 89.6 cm³/mol. The fourth-order valence-electron chi connectivity index (χ4n) is 3.16. The van der Waals surface area contributed by atoms with Crippen molar-refractivity contribution in [2.75, 3.05) is 0 Å². The minimum Gasteiger partial charge on any atom is -0.466 e. The smallest absolute Gasteiger partial charge is 0.325 e. The molecule has 7 heteroatoms. The van der Waals surface area contributed by atoms with Gasteiger partial charge in [-0.25, -0.2) is 4.79 Å². The number of aryl methyl sites for hydroxylation is 2. The van der Waals surface area contributed by atoms with Gasteiger partial charge in [-0.2, -0.15) is 0 Å². The molecule has 1 aliphatic rings. The summed E-state index contributed by atoms with van der Waals surface area (Å²) < 4.78 is 5.50. The number of nitrogens with one attached hydrogen (secondary N) is 1. The van der Waals surface area contributed by atoms with Crippen molar-refractivity contribution in [3.05, 3.63) is 58.5 Å². The van der Waals surface area contributed by atoms with E-state index in [-0.39, 0.29) is 12.5 Å². The van der Waals surface area contributed by atoms with Crippen LogP contribution in [0.25, 0.3) is 0 Å². The van der Waals surface area contributed by atoms with Crippen LogP contribution in [-0.2, 0) is 16.9 Å². The van der Waals surface area contributed by atoms with Crippen LogP contribution in [0.1, 0.15) is 39.9 Å². The molecule has 1 unspecified atom stereocenters. The molecule has 1 aliphatic heterocycles. The maximum atomic E-state index is 12.9. The third kappa shape index (κ3) is 2.77. The second-order valence-corrected chi connectivity index (χ2v) is 6.34. The Balaban J connectivity index is 1.90. The average Bonchev–Trinajstić information content (AvgIpc) is 3.00. The van der Waals surface area contributed by atoms with E-state index in [1.807, 2.05) is 0 Å². The first-order valence-corrected chi connectivity index (χ1v) is 7.83. The summed E-state index contributed by atoms with van der Waals surface area (Å²) in [6, 6.07) is 7.82. The summed E-state index contributed by atoms with van der Waals surface area (Å²) in [5, 5.41) is 2.74. The van der Waals surface area contributed by atoms with Gasteiger partial charge >= 0.3 is 6.03 Å². The molecule has 1 atom stereocenters. The molecular formula is C18H19N3O4. The molecule has 130 valence electrons. The molecule has 1 aromatic carbocycles. The molecule has 1 saturated heterocycles. The lowest BCUT2D eigenvalue weighted by Crippen LogP contribution is -2.41. The highest BCUT2D eigenvalue weighted by Gasteiger charge is 2.50. The van der Waals surface area contributed by atoms with Crippen molar-refractivity contribution >= 4 is 17.8 Å². The van der Waals surface area contributed by atoms with Crippen LogP contribution >= 0.6 is 0 Å². The summed E-state index contributed by atoms with van der Waals surface area (Å²) in [6.45, 7) is 5.25. The molecule has 4 amide bonds. The molecule has 3 rings (SSSR count). The van der Waals surface area contributed by atoms with Crippen molar-refractivity contribution < 1.29 is 18.8 Å². The Hall–Kier alpha value is -3.09. The second-order valence-electron chi connectivity index (χ2n) is 6.34. The summed E-state index contributed by atoms with van der Waals surface area (Å²) in [5.74, 6) is 0.328. The summed E-state index contributed by atoms with van der Waals surface area (Å²) >= 11 is 0. The van der Waals surface area contributed by atoms with E-state index in [0.29, 0.717) is 28.2 Å². The third-order valence-corrected chi connectivity index (χ3v) is 4.41. The molecule has 7 nitrogen and oxygen atoms in total. The number of urea groups is 1. The zero-order chi connectivity index (χ0) is 18.4. The van der Waals surface area contributed by atoms with Crippen LogP contribution in [0.3, 0.4) is 0 Å². The van der Waals surface area contributed by atoms with Crippen LogP contribution in [0.5, 0.6) is 0 Å². The number of furan rings is 1. The Labute approximate surface area is 144 Å². The summed E-state index contributed by atoms with van der Waals surface area (Å²) in [5.41, 5.74) is 5.70. The number of hydrogen-bond acceptors (Lipinski definition) is 4. The van der Waals surface area contributed by atoms with Gasteiger partial charge in [0.2, 0.25) is 5.91 Å². The van der Waals surface area contributed by atoms with Gasteiger partial charge in [0.25, 0.3) is 5.91 Å². The second kappa shape index (κ2) is 5.77. The molecule has 0 aliphatic carbocycles. The highest BCUT2D eigenvalue weighted by atomic mass is 16.3. The lowest BCUT2D eigenvalue weighted by atomic mass is 9.92. The first kappa shape index (κ1) is 16.8. The van der Waals surface area contributed by atoms with Crippen LogP contribution < -0.4 is 11.1 Å². The van der Waals surface area contributed by atoms with Gasteiger partial charge in [0.1, 0.15) is 17.1 Å². The predicted octanol–water partition coefficient (Wildman–Crippen LogP) is 1.96. The normalized spacial score (nSPS) is 20.0. The molecule has 0 radical (unpaired) electrons. The molecule has 2 aromatic rings. The van der Waals surface area contributed by atoms with E-state index < -0.39 is 17.5 Å². The topological polar surface area (TPSA) is 106 Å². The standard InChI is InChI=1S/C18H19N3O4/c1-10-7-14(11(2)25-10)18(3)16(23)21(17(24)20-18)9-12-5-4-6-13(8-12)15(19)22/h4-8H,9H2,1-3H3,(H2,19,22)(H,20,24). The third-order valence-electron chi connectivity index (χ3n) is 4.41. The molecule has 0 bridgehead atoms. The number of imide groups is 1. The van der Waals surface area contributed by atoms with Crippen molar-refractivity contribution in [3.8, 4) is 0 Å². The van der Waals surface area contributed by atoms with E-state index in [1.54, 1.807) is 51.1 Å². The maximum absolute atomic E-state index is 12.9. The molecule has 1 aromatic heterocycles. The number of hydrogen-bond donors (Lipinski definition) is 2. The van der Waals surface area contributed by atoms with Crippen molar-refractivity contribution in [1.29, 1.82) is 0 Å². The van der Waals surface area contributed by atoms with Crippen LogP contribution in [0.15, 0.2) is 34.7 Å². The van der Waals surface area contributed by atoms with Gasteiger partial charge in [0.05, 0.1) is 6.54 Å². The van der Waals surface area contributed by atoms with Gasteiger partial charge in [0.15, 0.2) is 0 Å². The van der Waals surface area contributed by atoms with Crippen molar-refractivity contribution in [1.82, 2.24) is 10.2 Å². The van der Waals surface area contributed by atoms with E-state index in [9.17, 15) is 14.4 Å². The molecule has 25 heavy (non-hydrogen) atoms. The van der Waals surface area contributed by atoms with E-state index in [0.717, 1.165) is 4.90 Å². The number of carbonyl (C=O) groups is 3. The fourth-order valence-corrected chi connectivity index (χ4v) is 3.16. The first-order valence-electron chi connectivity index (χ1n) is 7.83. The molecule has 0 spiro atoms. The lowest BCUT2D eigenvalue weighted by molar-refractivity contribution is -0.131. The number of primary amides is 1. The zero-order valence-electron chi connectivity index (χ0n) is 14.3. The van der Waals surface area contributed by atoms with Crippen LogP contribution in [0.2, 0.25) is 0 Å². The largest absolute Gasteiger partial charge is 0.466 e. The van der Waals surface area contributed by atoms with Crippen molar-refractivity contribution in [3.63, 3.8) is 0 Å². The van der Waals surface area contributed by atoms with E-state index >= 15 is 0 Å². The number of amides is 4. The average molecular weight is 341 g/mol. The Kier molecular flexibility index (Phi) is 3.87. The quantitative estimate of drug-likeness (QED) is 0.829. The van der Waals surface area contributed by atoms with Gasteiger partial charge < -0.3 is 15.5 Å². The Morgan fingerprint density at radius 1 is 1.28 bits per heavy atom. The minimum atomic E-state index is -1.18. The highest BCUT2D eigenvalue weighted by molar-refractivity contribution is 6.07. The Morgan fingerprint density at radius 3 is 2.60 bits per heavy atom. The number of benzene rings is 1. The maximum Gasteiger partial charge on any atom is 0.325 e. The Bertz CT molecular complexity index is 886. The Morgan fingerprint density at radius 2 is 2.00 bits per heavy atom. The van der Waals surface area contributed by atoms with Gasteiger partial charge in [0, 0.05) is 11.1 Å². The zero-order valence-corrected chi connectivity index (χ0v) is 14.3. The molecule has 3 N–H and O–H groups in total. The van der Waals surface area contributed by atoms with E-state index in [1.165, 1.54) is 0 Å². The van der Waals surface area contributed by atoms with Gasteiger partial charge in [-0.1, -0.05) is 12.1 Å². The minimum absolute atomic E-state index is 0.0528. The summed E-state index contributed by atoms with van der Waals surface area (Å²) in [7, 11) is 0. The lowest BCUT2D eigenvalue weighted by Gasteiger charge is -2.21. The number of rotatable bonds is 4. The first-order chi connectivity index (χ1) is 11.7. The van der Waals surface area contributed by atoms with E-state index in [2.05, 4.69) is 5.32 Å². The van der Waals surface area contributed by atoms with Crippen LogP contribution in [0, 0.1) is 13.8 Å².